The molecule has 1 aromatic heterocycles. The van der Waals surface area contributed by atoms with Crippen LogP contribution in [0, 0.1) is 11.3 Å². The number of ether oxygens (including phenoxy) is 1. The van der Waals surface area contributed by atoms with Gasteiger partial charge in [0.25, 0.3) is 0 Å². The number of benzene rings is 1. The fourth-order valence-corrected chi connectivity index (χ4v) is 3.34. The molecule has 2 aromatic rings. The van der Waals surface area contributed by atoms with Crippen LogP contribution in [0.25, 0.3) is 0 Å². The molecule has 0 aliphatic carbocycles. The molecule has 26 heavy (non-hydrogen) atoms. The lowest BCUT2D eigenvalue weighted by molar-refractivity contribution is -0.116. The predicted octanol–water partition coefficient (Wildman–Crippen LogP) is 2.29. The van der Waals surface area contributed by atoms with Crippen molar-refractivity contribution in [2.24, 2.45) is 0 Å². The van der Waals surface area contributed by atoms with Gasteiger partial charge in [-0.05, 0) is 35.4 Å². The van der Waals surface area contributed by atoms with Gasteiger partial charge in [-0.15, -0.1) is 12.4 Å². The Morgan fingerprint density at radius 2 is 2.08 bits per heavy atom. The molecule has 134 valence electrons. The molecular weight excluding hydrogens is 352 g/mol. The maximum absolute atomic E-state index is 12.4. The SMILES string of the molecule is Cl.N#Cc1ccc2c(c1)C(c1ccc(CN3CCOCC3)cn1)C(=O)N2. The molecule has 1 unspecified atom stereocenters. The molecule has 1 fully saturated rings. The van der Waals surface area contributed by atoms with Crippen molar-refractivity contribution in [1.82, 2.24) is 9.88 Å². The number of halogens is 1. The van der Waals surface area contributed by atoms with E-state index in [0.29, 0.717) is 11.3 Å². The lowest BCUT2D eigenvalue weighted by Gasteiger charge is -2.26. The summed E-state index contributed by atoms with van der Waals surface area (Å²) in [6.45, 7) is 4.23. The fraction of sp³-hybridized carbons (Fsp3) is 0.316. The maximum atomic E-state index is 12.4. The van der Waals surface area contributed by atoms with E-state index in [1.165, 1.54) is 0 Å². The highest BCUT2D eigenvalue weighted by molar-refractivity contribution is 6.04. The summed E-state index contributed by atoms with van der Waals surface area (Å²) >= 11 is 0. The molecule has 0 saturated carbocycles. The second-order valence-corrected chi connectivity index (χ2v) is 6.32. The van der Waals surface area contributed by atoms with Crippen molar-refractivity contribution < 1.29 is 9.53 Å². The van der Waals surface area contributed by atoms with Gasteiger partial charge >= 0.3 is 0 Å². The number of fused-ring (bicyclic) bond motifs is 1. The normalized spacial score (nSPS) is 19.2. The number of anilines is 1. The van der Waals surface area contributed by atoms with E-state index in [9.17, 15) is 4.79 Å². The van der Waals surface area contributed by atoms with Gasteiger partial charge in [0.05, 0.1) is 30.5 Å². The number of nitrogens with zero attached hydrogens (tertiary/aromatic N) is 3. The van der Waals surface area contributed by atoms with Gasteiger partial charge in [-0.1, -0.05) is 6.07 Å². The van der Waals surface area contributed by atoms with Crippen LogP contribution >= 0.6 is 12.4 Å². The van der Waals surface area contributed by atoms with Gasteiger partial charge in [0.2, 0.25) is 5.91 Å². The van der Waals surface area contributed by atoms with Crippen LogP contribution in [-0.2, 0) is 16.1 Å². The average molecular weight is 371 g/mol. The lowest BCUT2D eigenvalue weighted by Crippen LogP contribution is -2.35. The van der Waals surface area contributed by atoms with E-state index in [1.54, 1.807) is 18.2 Å². The van der Waals surface area contributed by atoms with Crippen LogP contribution in [0.1, 0.15) is 28.3 Å². The van der Waals surface area contributed by atoms with Gasteiger partial charge < -0.3 is 10.1 Å². The fourth-order valence-electron chi connectivity index (χ4n) is 3.34. The zero-order valence-electron chi connectivity index (χ0n) is 14.1. The molecule has 3 heterocycles. The summed E-state index contributed by atoms with van der Waals surface area (Å²) in [5, 5.41) is 12.0. The third-order valence-electron chi connectivity index (χ3n) is 4.66. The molecule has 1 N–H and O–H groups in total. The number of aromatic nitrogens is 1. The van der Waals surface area contributed by atoms with Crippen molar-refractivity contribution in [3.05, 3.63) is 58.9 Å². The van der Waals surface area contributed by atoms with Gasteiger partial charge in [0.15, 0.2) is 0 Å². The molecule has 4 rings (SSSR count). The van der Waals surface area contributed by atoms with Crippen molar-refractivity contribution in [2.45, 2.75) is 12.5 Å². The Morgan fingerprint density at radius 3 is 2.77 bits per heavy atom. The molecule has 1 aromatic carbocycles. The predicted molar refractivity (Wildman–Crippen MR) is 99.2 cm³/mol. The number of amides is 1. The Labute approximate surface area is 158 Å². The zero-order valence-corrected chi connectivity index (χ0v) is 15.0. The molecule has 1 amide bonds. The molecule has 2 aliphatic heterocycles. The smallest absolute Gasteiger partial charge is 0.238 e. The van der Waals surface area contributed by atoms with Crippen LogP contribution in [0.5, 0.6) is 0 Å². The molecule has 7 heteroatoms. The summed E-state index contributed by atoms with van der Waals surface area (Å²) in [6.07, 6.45) is 1.84. The van der Waals surface area contributed by atoms with E-state index >= 15 is 0 Å². The van der Waals surface area contributed by atoms with Crippen molar-refractivity contribution in [3.8, 4) is 6.07 Å². The van der Waals surface area contributed by atoms with Crippen LogP contribution in [0.15, 0.2) is 36.5 Å². The molecule has 0 spiro atoms. The molecular formula is C19H19ClN4O2. The molecule has 1 saturated heterocycles. The third-order valence-corrected chi connectivity index (χ3v) is 4.66. The highest BCUT2D eigenvalue weighted by Gasteiger charge is 2.33. The van der Waals surface area contributed by atoms with Gasteiger partial charge in [-0.2, -0.15) is 5.26 Å². The van der Waals surface area contributed by atoms with E-state index in [4.69, 9.17) is 10.00 Å². The van der Waals surface area contributed by atoms with E-state index in [2.05, 4.69) is 21.3 Å². The van der Waals surface area contributed by atoms with Crippen molar-refractivity contribution in [2.75, 3.05) is 31.6 Å². The first-order chi connectivity index (χ1) is 12.2. The minimum Gasteiger partial charge on any atom is -0.379 e. The van der Waals surface area contributed by atoms with Gasteiger partial charge in [0.1, 0.15) is 5.92 Å². The van der Waals surface area contributed by atoms with Crippen molar-refractivity contribution in [1.29, 1.82) is 5.26 Å². The quantitative estimate of drug-likeness (QED) is 0.896. The first kappa shape index (κ1) is 18.3. The minimum absolute atomic E-state index is 0. The average Bonchev–Trinajstić information content (AvgIpc) is 2.98. The molecule has 2 aliphatic rings. The number of morpholine rings is 1. The summed E-state index contributed by atoms with van der Waals surface area (Å²) in [4.78, 5) is 19.2. The van der Waals surface area contributed by atoms with E-state index in [1.807, 2.05) is 18.3 Å². The second kappa shape index (κ2) is 7.83. The summed E-state index contributed by atoms with van der Waals surface area (Å²) in [5.41, 5.74) is 3.95. The summed E-state index contributed by atoms with van der Waals surface area (Å²) < 4.78 is 5.36. The van der Waals surface area contributed by atoms with Crippen LogP contribution in [0.3, 0.4) is 0 Å². The number of pyridine rings is 1. The first-order valence-corrected chi connectivity index (χ1v) is 8.34. The molecule has 1 atom stereocenters. The van der Waals surface area contributed by atoms with Crippen molar-refractivity contribution >= 4 is 24.0 Å². The Balaban J connectivity index is 0.00000196. The topological polar surface area (TPSA) is 78.2 Å². The van der Waals surface area contributed by atoms with Crippen LogP contribution in [-0.4, -0.2) is 42.1 Å². The number of nitriles is 1. The van der Waals surface area contributed by atoms with Gasteiger partial charge in [-0.25, -0.2) is 0 Å². The maximum Gasteiger partial charge on any atom is 0.238 e. The first-order valence-electron chi connectivity index (χ1n) is 8.34. The summed E-state index contributed by atoms with van der Waals surface area (Å²) in [7, 11) is 0. The Morgan fingerprint density at radius 1 is 1.27 bits per heavy atom. The van der Waals surface area contributed by atoms with Crippen LogP contribution < -0.4 is 5.32 Å². The standard InChI is InChI=1S/C19H18N4O2.ClH/c20-10-13-1-3-16-15(9-13)18(19(24)22-16)17-4-2-14(11-21-17)12-23-5-7-25-8-6-23;/h1-4,9,11,18H,5-8,12H2,(H,22,24);1H. The Kier molecular flexibility index (Phi) is 5.52. The van der Waals surface area contributed by atoms with Crippen molar-refractivity contribution in [3.63, 3.8) is 0 Å². The van der Waals surface area contributed by atoms with Gasteiger partial charge in [-0.3, -0.25) is 14.7 Å². The number of hydrogen-bond acceptors (Lipinski definition) is 5. The number of hydrogen-bond donors (Lipinski definition) is 1. The highest BCUT2D eigenvalue weighted by Crippen LogP contribution is 2.36. The third kappa shape index (κ3) is 3.56. The van der Waals surface area contributed by atoms with E-state index in [-0.39, 0.29) is 18.3 Å². The number of rotatable bonds is 3. The van der Waals surface area contributed by atoms with E-state index < -0.39 is 5.92 Å². The summed E-state index contributed by atoms with van der Waals surface area (Å²) in [5.74, 6) is -0.556. The molecule has 0 bridgehead atoms. The largest absolute Gasteiger partial charge is 0.379 e. The summed E-state index contributed by atoms with van der Waals surface area (Å²) in [6, 6.07) is 11.3. The monoisotopic (exact) mass is 370 g/mol. The zero-order chi connectivity index (χ0) is 17.2. The number of nitrogens with one attached hydrogen (secondary N) is 1. The van der Waals surface area contributed by atoms with Gasteiger partial charge in [0, 0.05) is 31.5 Å². The number of carbonyl (C=O) groups excluding carboxylic acids is 1. The van der Waals surface area contributed by atoms with Crippen LogP contribution in [0.2, 0.25) is 0 Å². The number of carbonyl (C=O) groups is 1. The highest BCUT2D eigenvalue weighted by atomic mass is 35.5. The lowest BCUT2D eigenvalue weighted by atomic mass is 9.95. The molecule has 6 nitrogen and oxygen atoms in total. The second-order valence-electron chi connectivity index (χ2n) is 6.32. The minimum atomic E-state index is -0.458. The Hall–Kier alpha value is -2.46. The van der Waals surface area contributed by atoms with Crippen LogP contribution in [0.4, 0.5) is 5.69 Å². The van der Waals surface area contributed by atoms with E-state index in [0.717, 1.165) is 49.7 Å². The Bertz CT molecular complexity index is 842. The molecule has 0 radical (unpaired) electrons.